The van der Waals surface area contributed by atoms with Crippen LogP contribution in [0.4, 0.5) is 0 Å². The van der Waals surface area contributed by atoms with Crippen LogP contribution in [0.25, 0.3) is 0 Å². The van der Waals surface area contributed by atoms with E-state index in [1.54, 1.807) is 0 Å². The summed E-state index contributed by atoms with van der Waals surface area (Å²) >= 11 is 0. The molecule has 0 aliphatic heterocycles. The van der Waals surface area contributed by atoms with Gasteiger partial charge in [-0.1, -0.05) is 12.2 Å². The lowest BCUT2D eigenvalue weighted by Crippen LogP contribution is -2.48. The normalized spacial score (nSPS) is 17.8. The molecule has 6 heteroatoms. The van der Waals surface area contributed by atoms with Gasteiger partial charge in [0.05, 0.1) is 26.4 Å². The molecular weight excluding hydrogens is 240 g/mol. The van der Waals surface area contributed by atoms with Gasteiger partial charge in [-0.3, -0.25) is 0 Å². The lowest BCUT2D eigenvalue weighted by atomic mass is 10.0. The Kier molecular flexibility index (Phi) is 9.76. The van der Waals surface area contributed by atoms with Gasteiger partial charge in [-0.05, 0) is 0 Å². The number of rotatable bonds is 11. The summed E-state index contributed by atoms with van der Waals surface area (Å²) < 4.78 is 10.4. The highest BCUT2D eigenvalue weighted by Gasteiger charge is 2.31. The minimum atomic E-state index is -1.52. The number of hydrogen-bond acceptors (Lipinski definition) is 6. The highest BCUT2D eigenvalue weighted by molar-refractivity contribution is 4.83. The van der Waals surface area contributed by atoms with Crippen molar-refractivity contribution >= 4 is 0 Å². The molecule has 0 radical (unpaired) electrons. The molecular formula is C12H22O6. The Balaban J connectivity index is 4.40. The van der Waals surface area contributed by atoms with Crippen LogP contribution in [0.3, 0.4) is 0 Å². The predicted octanol–water partition coefficient (Wildman–Crippen LogP) is -1.16. The highest BCUT2D eigenvalue weighted by atomic mass is 16.5. The molecule has 0 aliphatic rings. The van der Waals surface area contributed by atoms with Crippen LogP contribution in [0.1, 0.15) is 0 Å². The molecule has 0 aromatic heterocycles. The van der Waals surface area contributed by atoms with Gasteiger partial charge in [-0.2, -0.15) is 0 Å². The van der Waals surface area contributed by atoms with Crippen molar-refractivity contribution in [3.63, 3.8) is 0 Å². The van der Waals surface area contributed by atoms with E-state index in [9.17, 15) is 15.3 Å². The van der Waals surface area contributed by atoms with Crippen molar-refractivity contribution in [3.8, 4) is 0 Å². The molecule has 0 unspecified atom stereocenters. The van der Waals surface area contributed by atoms with Crippen LogP contribution < -0.4 is 0 Å². The van der Waals surface area contributed by atoms with Crippen LogP contribution >= 0.6 is 0 Å². The Labute approximate surface area is 107 Å². The molecule has 0 aromatic carbocycles. The Morgan fingerprint density at radius 1 is 1.00 bits per heavy atom. The van der Waals surface area contributed by atoms with E-state index in [4.69, 9.17) is 14.6 Å². The number of ether oxygens (including phenoxy) is 2. The zero-order chi connectivity index (χ0) is 14.0. The van der Waals surface area contributed by atoms with Gasteiger partial charge < -0.3 is 29.9 Å². The first kappa shape index (κ1) is 17.2. The highest BCUT2D eigenvalue weighted by Crippen LogP contribution is 2.09. The van der Waals surface area contributed by atoms with Gasteiger partial charge in [-0.25, -0.2) is 0 Å². The molecule has 6 nitrogen and oxygen atoms in total. The summed E-state index contributed by atoms with van der Waals surface area (Å²) in [5.74, 6) is 0. The van der Waals surface area contributed by atoms with Gasteiger partial charge in [0.25, 0.3) is 0 Å². The maximum absolute atomic E-state index is 9.82. The van der Waals surface area contributed by atoms with Crippen molar-refractivity contribution in [2.24, 2.45) is 0 Å². The van der Waals surface area contributed by atoms with Crippen molar-refractivity contribution in [2.45, 2.75) is 24.4 Å². The third kappa shape index (κ3) is 6.25. The van der Waals surface area contributed by atoms with E-state index in [1.165, 1.54) is 12.2 Å². The largest absolute Gasteiger partial charge is 0.394 e. The molecule has 0 saturated carbocycles. The predicted molar refractivity (Wildman–Crippen MR) is 66.1 cm³/mol. The quantitative estimate of drug-likeness (QED) is 0.277. The molecule has 0 aromatic rings. The fourth-order valence-corrected chi connectivity index (χ4v) is 1.26. The summed E-state index contributed by atoms with van der Waals surface area (Å²) in [6, 6.07) is 0. The number of aliphatic hydroxyl groups excluding tert-OH is 4. The van der Waals surface area contributed by atoms with E-state index in [1.807, 2.05) is 0 Å². The molecule has 0 spiro atoms. The summed E-state index contributed by atoms with van der Waals surface area (Å²) in [6.45, 7) is 6.76. The van der Waals surface area contributed by atoms with Crippen molar-refractivity contribution in [1.29, 1.82) is 0 Å². The van der Waals surface area contributed by atoms with Crippen LogP contribution in [-0.4, -0.2) is 71.3 Å². The van der Waals surface area contributed by atoms with E-state index in [-0.39, 0.29) is 19.8 Å². The summed E-state index contributed by atoms with van der Waals surface area (Å²) in [4.78, 5) is 0. The van der Waals surface area contributed by atoms with Crippen molar-refractivity contribution < 1.29 is 29.9 Å². The monoisotopic (exact) mass is 262 g/mol. The molecule has 0 heterocycles. The second-order valence-corrected chi connectivity index (χ2v) is 3.72. The van der Waals surface area contributed by atoms with Gasteiger partial charge in [0.1, 0.15) is 24.4 Å². The van der Waals surface area contributed by atoms with Crippen LogP contribution in [0.2, 0.25) is 0 Å². The maximum Gasteiger partial charge on any atom is 0.111 e. The van der Waals surface area contributed by atoms with Crippen molar-refractivity contribution in [1.82, 2.24) is 0 Å². The molecule has 0 amide bonds. The maximum atomic E-state index is 9.82. The topological polar surface area (TPSA) is 99.4 Å². The van der Waals surface area contributed by atoms with Gasteiger partial charge in [-0.15, -0.1) is 13.2 Å². The second-order valence-electron chi connectivity index (χ2n) is 3.72. The third-order valence-electron chi connectivity index (χ3n) is 2.26. The standard InChI is InChI=1S/C12H22O6/c1-3-5-17-8-10(18-6-4-2)12(16)11(15)9(14)7-13/h3-4,9-16H,1-2,5-8H2/t9-,10-,11-,12-/m1/s1. The summed E-state index contributed by atoms with van der Waals surface area (Å²) in [7, 11) is 0. The van der Waals surface area contributed by atoms with Gasteiger partial charge in [0.15, 0.2) is 0 Å². The molecule has 0 fully saturated rings. The van der Waals surface area contributed by atoms with E-state index >= 15 is 0 Å². The van der Waals surface area contributed by atoms with E-state index in [0.717, 1.165) is 0 Å². The first-order valence-corrected chi connectivity index (χ1v) is 5.64. The van der Waals surface area contributed by atoms with Crippen LogP contribution in [-0.2, 0) is 9.47 Å². The third-order valence-corrected chi connectivity index (χ3v) is 2.26. The molecule has 0 rings (SSSR count). The van der Waals surface area contributed by atoms with Crippen molar-refractivity contribution in [2.75, 3.05) is 26.4 Å². The molecule has 18 heavy (non-hydrogen) atoms. The molecule has 0 bridgehead atoms. The molecule has 4 atom stereocenters. The van der Waals surface area contributed by atoms with Gasteiger partial charge in [0.2, 0.25) is 0 Å². The Morgan fingerprint density at radius 2 is 1.61 bits per heavy atom. The van der Waals surface area contributed by atoms with E-state index in [2.05, 4.69) is 13.2 Å². The Morgan fingerprint density at radius 3 is 2.11 bits per heavy atom. The SMILES string of the molecule is C=CCOC[C@@H](OCC=C)[C@@H](O)[C@H](O)[C@H](O)CO. The summed E-state index contributed by atoms with van der Waals surface area (Å²) in [5.41, 5.74) is 0. The lowest BCUT2D eigenvalue weighted by molar-refractivity contribution is -0.142. The second kappa shape index (κ2) is 10.2. The van der Waals surface area contributed by atoms with Crippen LogP contribution in [0.5, 0.6) is 0 Å². The Bertz CT molecular complexity index is 233. The first-order valence-electron chi connectivity index (χ1n) is 5.64. The van der Waals surface area contributed by atoms with Gasteiger partial charge in [0, 0.05) is 0 Å². The fourth-order valence-electron chi connectivity index (χ4n) is 1.26. The first-order chi connectivity index (χ1) is 8.58. The lowest BCUT2D eigenvalue weighted by Gasteiger charge is -2.28. The van der Waals surface area contributed by atoms with Crippen molar-refractivity contribution in [3.05, 3.63) is 25.3 Å². The molecule has 106 valence electrons. The average Bonchev–Trinajstić information content (AvgIpc) is 2.40. The minimum absolute atomic E-state index is 0.0240. The summed E-state index contributed by atoms with van der Waals surface area (Å²) in [6.07, 6.45) is -2.14. The van der Waals surface area contributed by atoms with Gasteiger partial charge >= 0.3 is 0 Å². The molecule has 0 saturated heterocycles. The summed E-state index contributed by atoms with van der Waals surface area (Å²) in [5, 5.41) is 37.3. The number of hydrogen-bond donors (Lipinski definition) is 4. The Hall–Kier alpha value is -0.760. The molecule has 4 N–H and O–H groups in total. The smallest absolute Gasteiger partial charge is 0.111 e. The van der Waals surface area contributed by atoms with Crippen LogP contribution in [0, 0.1) is 0 Å². The fraction of sp³-hybridized carbons (Fsp3) is 0.667. The van der Waals surface area contributed by atoms with Crippen LogP contribution in [0.15, 0.2) is 25.3 Å². The van der Waals surface area contributed by atoms with E-state index in [0.29, 0.717) is 0 Å². The van der Waals surface area contributed by atoms with E-state index < -0.39 is 31.0 Å². The zero-order valence-electron chi connectivity index (χ0n) is 10.3. The zero-order valence-corrected chi connectivity index (χ0v) is 10.3. The number of aliphatic hydroxyl groups is 4. The molecule has 0 aliphatic carbocycles. The average molecular weight is 262 g/mol. The minimum Gasteiger partial charge on any atom is -0.394 e.